The lowest BCUT2D eigenvalue weighted by Gasteiger charge is -2.32. The molecule has 174 valence electrons. The Labute approximate surface area is 192 Å². The van der Waals surface area contributed by atoms with Gasteiger partial charge in [0.1, 0.15) is 17.0 Å². The van der Waals surface area contributed by atoms with Crippen molar-refractivity contribution in [2.45, 2.75) is 31.8 Å². The van der Waals surface area contributed by atoms with Crippen molar-refractivity contribution in [2.24, 2.45) is 17.8 Å². The molecule has 8 heteroatoms. The first-order chi connectivity index (χ1) is 15.7. The SMILES string of the molecule is COc1ccc(C2NC(CC(C)C)(C(=O)O)C3C(=O)N(c4ccccc4OC)C(=O)C23)cc1. The molecule has 2 heterocycles. The molecular weight excluding hydrogens is 424 g/mol. The van der Waals surface area contributed by atoms with E-state index in [1.807, 2.05) is 13.8 Å². The number of carboxylic acids is 1. The number of carbonyl (C=O) groups is 3. The molecule has 4 rings (SSSR count). The van der Waals surface area contributed by atoms with Gasteiger partial charge in [0.05, 0.1) is 31.7 Å². The monoisotopic (exact) mass is 452 g/mol. The van der Waals surface area contributed by atoms with Crippen LogP contribution in [0.5, 0.6) is 11.5 Å². The fourth-order valence-electron chi connectivity index (χ4n) is 5.27. The van der Waals surface area contributed by atoms with Crippen LogP contribution in [0.15, 0.2) is 48.5 Å². The van der Waals surface area contributed by atoms with E-state index >= 15 is 0 Å². The lowest BCUT2D eigenvalue weighted by molar-refractivity contribution is -0.149. The number of aliphatic carboxylic acids is 1. The highest BCUT2D eigenvalue weighted by molar-refractivity contribution is 6.24. The Morgan fingerprint density at radius 3 is 2.30 bits per heavy atom. The van der Waals surface area contributed by atoms with Crippen LogP contribution >= 0.6 is 0 Å². The van der Waals surface area contributed by atoms with E-state index in [-0.39, 0.29) is 12.3 Å². The number of carboxylic acid groups (broad SMARTS) is 1. The van der Waals surface area contributed by atoms with E-state index in [1.54, 1.807) is 55.6 Å². The molecule has 2 aliphatic heterocycles. The van der Waals surface area contributed by atoms with Crippen molar-refractivity contribution in [3.05, 3.63) is 54.1 Å². The van der Waals surface area contributed by atoms with Gasteiger partial charge in [-0.25, -0.2) is 4.90 Å². The normalized spacial score (nSPS) is 26.6. The van der Waals surface area contributed by atoms with Crippen LogP contribution in [-0.4, -0.2) is 42.6 Å². The zero-order valence-electron chi connectivity index (χ0n) is 19.1. The number of hydrogen-bond donors (Lipinski definition) is 2. The van der Waals surface area contributed by atoms with Crippen LogP contribution in [0.3, 0.4) is 0 Å². The van der Waals surface area contributed by atoms with E-state index in [0.717, 1.165) is 10.5 Å². The number of benzene rings is 2. The van der Waals surface area contributed by atoms with Gasteiger partial charge in [-0.15, -0.1) is 0 Å². The van der Waals surface area contributed by atoms with Gasteiger partial charge in [0.15, 0.2) is 0 Å². The Bertz CT molecular complexity index is 1080. The summed E-state index contributed by atoms with van der Waals surface area (Å²) in [7, 11) is 3.02. The van der Waals surface area contributed by atoms with Gasteiger partial charge in [-0.3, -0.25) is 19.7 Å². The lowest BCUT2D eigenvalue weighted by atomic mass is 9.75. The maximum Gasteiger partial charge on any atom is 0.324 e. The van der Waals surface area contributed by atoms with Crippen molar-refractivity contribution in [2.75, 3.05) is 19.1 Å². The van der Waals surface area contributed by atoms with Crippen LogP contribution < -0.4 is 19.7 Å². The quantitative estimate of drug-likeness (QED) is 0.622. The van der Waals surface area contributed by atoms with Crippen molar-refractivity contribution in [1.29, 1.82) is 0 Å². The molecule has 4 atom stereocenters. The van der Waals surface area contributed by atoms with Gasteiger partial charge in [-0.2, -0.15) is 0 Å². The molecular formula is C25H28N2O6. The zero-order chi connectivity index (χ0) is 23.9. The lowest BCUT2D eigenvalue weighted by Crippen LogP contribution is -2.56. The van der Waals surface area contributed by atoms with E-state index in [0.29, 0.717) is 17.2 Å². The number of fused-ring (bicyclic) bond motifs is 1. The van der Waals surface area contributed by atoms with Gasteiger partial charge in [0.25, 0.3) is 0 Å². The molecule has 2 N–H and O–H groups in total. The number of ether oxygens (including phenoxy) is 2. The molecule has 0 bridgehead atoms. The summed E-state index contributed by atoms with van der Waals surface area (Å²) in [6.45, 7) is 3.81. The number of carbonyl (C=O) groups excluding carboxylic acids is 2. The first kappa shape index (κ1) is 22.8. The number of nitrogens with one attached hydrogen (secondary N) is 1. The van der Waals surface area contributed by atoms with Gasteiger partial charge >= 0.3 is 5.97 Å². The molecule has 8 nitrogen and oxygen atoms in total. The van der Waals surface area contributed by atoms with Crippen molar-refractivity contribution in [3.63, 3.8) is 0 Å². The highest BCUT2D eigenvalue weighted by Gasteiger charge is 2.68. The number of amides is 2. The van der Waals surface area contributed by atoms with Crippen LogP contribution in [0.1, 0.15) is 31.9 Å². The summed E-state index contributed by atoms with van der Waals surface area (Å²) in [5.41, 5.74) is -0.533. The molecule has 0 aromatic heterocycles. The van der Waals surface area contributed by atoms with Gasteiger partial charge in [-0.1, -0.05) is 38.1 Å². The van der Waals surface area contributed by atoms with Crippen LogP contribution in [0, 0.1) is 17.8 Å². The molecule has 2 aromatic carbocycles. The third kappa shape index (κ3) is 3.54. The molecule has 0 aliphatic carbocycles. The molecule has 2 aliphatic rings. The summed E-state index contributed by atoms with van der Waals surface area (Å²) in [6, 6.07) is 13.2. The molecule has 0 radical (unpaired) electrons. The van der Waals surface area contributed by atoms with E-state index in [4.69, 9.17) is 9.47 Å². The fourth-order valence-corrected chi connectivity index (χ4v) is 5.27. The molecule has 2 aromatic rings. The number of imide groups is 1. The second-order valence-corrected chi connectivity index (χ2v) is 8.96. The summed E-state index contributed by atoms with van der Waals surface area (Å²) in [6.07, 6.45) is 0.203. The maximum atomic E-state index is 13.8. The number of anilines is 1. The van der Waals surface area contributed by atoms with Crippen molar-refractivity contribution >= 4 is 23.5 Å². The third-order valence-corrected chi connectivity index (χ3v) is 6.57. The Hall–Kier alpha value is -3.39. The van der Waals surface area contributed by atoms with Crippen LogP contribution in [0.2, 0.25) is 0 Å². The Morgan fingerprint density at radius 1 is 1.06 bits per heavy atom. The highest BCUT2D eigenvalue weighted by Crippen LogP contribution is 2.52. The first-order valence-electron chi connectivity index (χ1n) is 10.9. The molecule has 4 unspecified atom stereocenters. The van der Waals surface area contributed by atoms with Gasteiger partial charge < -0.3 is 14.6 Å². The summed E-state index contributed by atoms with van der Waals surface area (Å²) >= 11 is 0. The zero-order valence-corrected chi connectivity index (χ0v) is 19.1. The minimum atomic E-state index is -1.58. The van der Waals surface area contributed by atoms with Crippen LogP contribution in [-0.2, 0) is 14.4 Å². The summed E-state index contributed by atoms with van der Waals surface area (Å²) in [4.78, 5) is 41.3. The molecule has 2 fully saturated rings. The number of hydrogen-bond acceptors (Lipinski definition) is 6. The number of nitrogens with zero attached hydrogens (tertiary/aromatic N) is 1. The van der Waals surface area contributed by atoms with Crippen molar-refractivity contribution in [1.82, 2.24) is 5.32 Å². The maximum absolute atomic E-state index is 13.8. The third-order valence-electron chi connectivity index (χ3n) is 6.57. The minimum absolute atomic E-state index is 0.0212. The van der Waals surface area contributed by atoms with Crippen LogP contribution in [0.25, 0.3) is 0 Å². The summed E-state index contributed by atoms with van der Waals surface area (Å²) in [5.74, 6) is -3.02. The summed E-state index contributed by atoms with van der Waals surface area (Å²) < 4.78 is 10.6. The molecule has 2 saturated heterocycles. The van der Waals surface area contributed by atoms with Crippen molar-refractivity contribution < 1.29 is 29.0 Å². The summed E-state index contributed by atoms with van der Waals surface area (Å²) in [5, 5.41) is 13.6. The predicted molar refractivity (Wildman–Crippen MR) is 121 cm³/mol. The van der Waals surface area contributed by atoms with Crippen LogP contribution in [0.4, 0.5) is 5.69 Å². The minimum Gasteiger partial charge on any atom is -0.497 e. The van der Waals surface area contributed by atoms with Gasteiger partial charge in [0.2, 0.25) is 11.8 Å². The smallest absolute Gasteiger partial charge is 0.324 e. The van der Waals surface area contributed by atoms with E-state index in [2.05, 4.69) is 5.32 Å². The largest absolute Gasteiger partial charge is 0.497 e. The number of methoxy groups -OCH3 is 2. The standard InChI is InChI=1S/C25H28N2O6/c1-14(2)13-25(24(30)31)20-19(21(26-25)15-9-11-16(32-3)12-10-15)22(28)27(23(20)29)17-7-5-6-8-18(17)33-4/h5-12,14,19-21,26H,13H2,1-4H3,(H,30,31). The average molecular weight is 453 g/mol. The Morgan fingerprint density at radius 2 is 1.73 bits per heavy atom. The van der Waals surface area contributed by atoms with E-state index < -0.39 is 41.2 Å². The fraction of sp³-hybridized carbons (Fsp3) is 0.400. The molecule has 0 spiro atoms. The molecule has 0 saturated carbocycles. The Kier molecular flexibility index (Phi) is 5.88. The Balaban J connectivity index is 1.87. The number of rotatable bonds is 7. The van der Waals surface area contributed by atoms with E-state index in [1.165, 1.54) is 7.11 Å². The average Bonchev–Trinajstić information content (AvgIpc) is 3.27. The van der Waals surface area contributed by atoms with E-state index in [9.17, 15) is 19.5 Å². The molecule has 2 amide bonds. The van der Waals surface area contributed by atoms with Gasteiger partial charge in [-0.05, 0) is 42.2 Å². The van der Waals surface area contributed by atoms with Crippen molar-refractivity contribution in [3.8, 4) is 11.5 Å². The second-order valence-electron chi connectivity index (χ2n) is 8.96. The topological polar surface area (TPSA) is 105 Å². The predicted octanol–water partition coefficient (Wildman–Crippen LogP) is 3.02. The first-order valence-corrected chi connectivity index (χ1v) is 10.9. The second kappa shape index (κ2) is 8.51. The van der Waals surface area contributed by atoms with Gasteiger partial charge in [0, 0.05) is 6.04 Å². The highest BCUT2D eigenvalue weighted by atomic mass is 16.5. The molecule has 33 heavy (non-hydrogen) atoms. The number of para-hydroxylation sites is 2.